The van der Waals surface area contributed by atoms with E-state index in [2.05, 4.69) is 40.2 Å². The summed E-state index contributed by atoms with van der Waals surface area (Å²) in [6, 6.07) is 6.98. The molecule has 1 N–H and O–H groups in total. The van der Waals surface area contributed by atoms with Crippen LogP contribution in [0.25, 0.3) is 0 Å². The first-order chi connectivity index (χ1) is 16.0. The summed E-state index contributed by atoms with van der Waals surface area (Å²) in [5, 5.41) is 3.32. The molecule has 0 spiro atoms. The van der Waals surface area contributed by atoms with Crippen molar-refractivity contribution in [3.63, 3.8) is 0 Å². The number of aryl methyl sites for hydroxylation is 1. The fourth-order valence-electron chi connectivity index (χ4n) is 5.66. The number of carbonyl (C=O) groups excluding carboxylic acids is 1. The number of nitrogens with zero attached hydrogens (tertiary/aromatic N) is 5. The molecule has 0 saturated carbocycles. The zero-order valence-corrected chi connectivity index (χ0v) is 20.2. The number of hydrogen-bond acceptors (Lipinski definition) is 6. The third-order valence-electron chi connectivity index (χ3n) is 7.51. The summed E-state index contributed by atoms with van der Waals surface area (Å²) < 4.78 is 0. The van der Waals surface area contributed by atoms with Gasteiger partial charge in [0.15, 0.2) is 0 Å². The van der Waals surface area contributed by atoms with Crippen LogP contribution in [0, 0.1) is 6.92 Å². The monoisotopic (exact) mass is 448 g/mol. The van der Waals surface area contributed by atoms with E-state index in [0.717, 1.165) is 57.2 Å². The van der Waals surface area contributed by atoms with Crippen molar-refractivity contribution in [1.82, 2.24) is 19.8 Å². The molecule has 2 fully saturated rings. The number of likely N-dealkylation sites (tertiary alicyclic amines) is 1. The number of benzene rings is 1. The maximum absolute atomic E-state index is 11.7. The van der Waals surface area contributed by atoms with Crippen LogP contribution < -0.4 is 10.2 Å². The van der Waals surface area contributed by atoms with Gasteiger partial charge in [0.25, 0.3) is 0 Å². The van der Waals surface area contributed by atoms with Crippen molar-refractivity contribution in [2.24, 2.45) is 0 Å². The van der Waals surface area contributed by atoms with E-state index in [1.165, 1.54) is 54.0 Å². The highest BCUT2D eigenvalue weighted by atomic mass is 16.2. The zero-order chi connectivity index (χ0) is 22.9. The topological polar surface area (TPSA) is 64.6 Å². The van der Waals surface area contributed by atoms with Gasteiger partial charge in [-0.15, -0.1) is 0 Å². The zero-order valence-electron chi connectivity index (χ0n) is 20.2. The summed E-state index contributed by atoms with van der Waals surface area (Å²) in [6.45, 7) is 10.6. The maximum Gasteiger partial charge on any atom is 0.219 e. The van der Waals surface area contributed by atoms with E-state index in [4.69, 9.17) is 9.97 Å². The molecule has 4 heterocycles. The van der Waals surface area contributed by atoms with E-state index in [1.54, 1.807) is 6.92 Å². The number of nitrogens with one attached hydrogen (secondary N) is 1. The van der Waals surface area contributed by atoms with Gasteiger partial charge in [0.2, 0.25) is 5.91 Å². The van der Waals surface area contributed by atoms with E-state index in [0.29, 0.717) is 0 Å². The third kappa shape index (κ3) is 4.56. The van der Waals surface area contributed by atoms with Crippen molar-refractivity contribution >= 4 is 17.4 Å². The summed E-state index contributed by atoms with van der Waals surface area (Å²) in [5.41, 5.74) is 6.54. The van der Waals surface area contributed by atoms with Crippen molar-refractivity contribution in [3.05, 3.63) is 46.4 Å². The molecule has 1 aromatic heterocycles. The van der Waals surface area contributed by atoms with E-state index >= 15 is 0 Å². The Kier molecular flexibility index (Phi) is 6.23. The average molecular weight is 449 g/mol. The van der Waals surface area contributed by atoms with Crippen LogP contribution in [0.1, 0.15) is 60.3 Å². The highest BCUT2D eigenvalue weighted by Crippen LogP contribution is 2.31. The van der Waals surface area contributed by atoms with Gasteiger partial charge < -0.3 is 15.1 Å². The second-order valence-corrected chi connectivity index (χ2v) is 9.83. The molecule has 7 nitrogen and oxygen atoms in total. The first-order valence-electron chi connectivity index (χ1n) is 12.4. The average Bonchev–Trinajstić information content (AvgIpc) is 3.51. The SMILES string of the molecule is CNc1nc([C@@H]2CCN(C(C)=O)C2)nc2c1CN(Cc1ccc(N3CCCC3)c(C)c1)CC2. The molecule has 3 aliphatic heterocycles. The van der Waals surface area contributed by atoms with Gasteiger partial charge >= 0.3 is 0 Å². The van der Waals surface area contributed by atoms with Gasteiger partial charge in [0.05, 0.1) is 5.69 Å². The second-order valence-electron chi connectivity index (χ2n) is 9.83. The predicted molar refractivity (Wildman–Crippen MR) is 132 cm³/mol. The van der Waals surface area contributed by atoms with E-state index < -0.39 is 0 Å². The van der Waals surface area contributed by atoms with Gasteiger partial charge in [0, 0.05) is 83.4 Å². The van der Waals surface area contributed by atoms with Crippen LogP contribution in [0.3, 0.4) is 0 Å². The summed E-state index contributed by atoms with van der Waals surface area (Å²) in [6.07, 6.45) is 4.50. The molecule has 5 rings (SSSR count). The van der Waals surface area contributed by atoms with E-state index in [9.17, 15) is 4.79 Å². The maximum atomic E-state index is 11.7. The van der Waals surface area contributed by atoms with Gasteiger partial charge in [-0.05, 0) is 43.4 Å². The molecule has 3 aliphatic rings. The van der Waals surface area contributed by atoms with Crippen molar-refractivity contribution in [2.45, 2.75) is 58.5 Å². The number of carbonyl (C=O) groups is 1. The number of anilines is 2. The van der Waals surface area contributed by atoms with Crippen LogP contribution in [0.5, 0.6) is 0 Å². The van der Waals surface area contributed by atoms with Crippen LogP contribution in [-0.4, -0.2) is 65.4 Å². The Morgan fingerprint density at radius 3 is 2.67 bits per heavy atom. The highest BCUT2D eigenvalue weighted by Gasteiger charge is 2.30. The molecule has 1 atom stereocenters. The summed E-state index contributed by atoms with van der Waals surface area (Å²) >= 11 is 0. The number of fused-ring (bicyclic) bond motifs is 1. The smallest absolute Gasteiger partial charge is 0.219 e. The van der Waals surface area contributed by atoms with Gasteiger partial charge in [-0.2, -0.15) is 0 Å². The highest BCUT2D eigenvalue weighted by molar-refractivity contribution is 5.73. The fraction of sp³-hybridized carbons (Fsp3) is 0.577. The summed E-state index contributed by atoms with van der Waals surface area (Å²) in [7, 11) is 1.95. The van der Waals surface area contributed by atoms with Crippen LogP contribution in [-0.2, 0) is 24.3 Å². The Labute approximate surface area is 197 Å². The van der Waals surface area contributed by atoms with Crippen LogP contribution in [0.15, 0.2) is 18.2 Å². The molecule has 7 heteroatoms. The Hall–Kier alpha value is -2.67. The lowest BCUT2D eigenvalue weighted by Crippen LogP contribution is -2.32. The molecular weight excluding hydrogens is 412 g/mol. The lowest BCUT2D eigenvalue weighted by atomic mass is 10.0. The largest absolute Gasteiger partial charge is 0.373 e. The molecule has 0 radical (unpaired) electrons. The Morgan fingerprint density at radius 2 is 1.97 bits per heavy atom. The molecule has 0 bridgehead atoms. The van der Waals surface area contributed by atoms with Crippen LogP contribution in [0.4, 0.5) is 11.5 Å². The quantitative estimate of drug-likeness (QED) is 0.757. The lowest BCUT2D eigenvalue weighted by molar-refractivity contribution is -0.127. The normalized spacial score (nSPS) is 20.9. The van der Waals surface area contributed by atoms with Crippen LogP contribution in [0.2, 0.25) is 0 Å². The van der Waals surface area contributed by atoms with Gasteiger partial charge in [-0.1, -0.05) is 12.1 Å². The second kappa shape index (κ2) is 9.29. The molecule has 176 valence electrons. The van der Waals surface area contributed by atoms with E-state index in [-0.39, 0.29) is 11.8 Å². The Balaban J connectivity index is 1.29. The Bertz CT molecular complexity index is 1010. The van der Waals surface area contributed by atoms with Gasteiger partial charge in [0.1, 0.15) is 11.6 Å². The summed E-state index contributed by atoms with van der Waals surface area (Å²) in [4.78, 5) is 28.6. The lowest BCUT2D eigenvalue weighted by Gasteiger charge is -2.30. The predicted octanol–water partition coefficient (Wildman–Crippen LogP) is 3.32. The summed E-state index contributed by atoms with van der Waals surface area (Å²) in [5.74, 6) is 2.22. The third-order valence-corrected chi connectivity index (χ3v) is 7.51. The standard InChI is InChI=1S/C26H36N6O/c1-18-14-20(6-7-24(18)31-10-4-5-11-31)15-30-12-9-23-22(17-30)26(27-3)29-25(28-23)21-8-13-32(16-21)19(2)33/h6-7,14,21H,4-5,8-13,15-17H2,1-3H3,(H,27,28,29)/t21-/m1/s1. The number of aromatic nitrogens is 2. The van der Waals surface area contributed by atoms with Crippen molar-refractivity contribution in [3.8, 4) is 0 Å². The molecule has 2 aromatic rings. The van der Waals surface area contributed by atoms with Crippen molar-refractivity contribution in [2.75, 3.05) is 50.0 Å². The van der Waals surface area contributed by atoms with Crippen LogP contribution >= 0.6 is 0 Å². The van der Waals surface area contributed by atoms with Crippen molar-refractivity contribution < 1.29 is 4.79 Å². The van der Waals surface area contributed by atoms with Gasteiger partial charge in [-0.3, -0.25) is 9.69 Å². The molecule has 33 heavy (non-hydrogen) atoms. The van der Waals surface area contributed by atoms with Crippen molar-refractivity contribution in [1.29, 1.82) is 0 Å². The molecule has 1 aromatic carbocycles. The first-order valence-corrected chi connectivity index (χ1v) is 12.4. The minimum atomic E-state index is 0.142. The molecular formula is C26H36N6O. The van der Waals surface area contributed by atoms with Gasteiger partial charge in [-0.25, -0.2) is 9.97 Å². The minimum absolute atomic E-state index is 0.142. The first kappa shape index (κ1) is 22.1. The minimum Gasteiger partial charge on any atom is -0.373 e. The molecule has 0 unspecified atom stereocenters. The molecule has 0 aliphatic carbocycles. The molecule has 1 amide bonds. The molecule has 2 saturated heterocycles. The number of hydrogen-bond donors (Lipinski definition) is 1. The van der Waals surface area contributed by atoms with E-state index in [1.807, 2.05) is 11.9 Å². The number of amides is 1. The Morgan fingerprint density at radius 1 is 1.15 bits per heavy atom. The number of rotatable bonds is 5. The fourth-order valence-corrected chi connectivity index (χ4v) is 5.66.